The number of carbonyl (C=O) groups is 3. The van der Waals surface area contributed by atoms with Crippen molar-refractivity contribution in [3.05, 3.63) is 47.5 Å². The molecule has 1 aromatic carbocycles. The van der Waals surface area contributed by atoms with E-state index in [1.54, 1.807) is 30.3 Å². The number of nitrogens with one attached hydrogen (secondary N) is 1. The Morgan fingerprint density at radius 3 is 2.58 bits per heavy atom. The van der Waals surface area contributed by atoms with Crippen LogP contribution in [-0.4, -0.2) is 36.3 Å². The van der Waals surface area contributed by atoms with Crippen LogP contribution in [0.5, 0.6) is 0 Å². The summed E-state index contributed by atoms with van der Waals surface area (Å²) in [5.41, 5.74) is 1.11. The number of ether oxygens (including phenoxy) is 2. The van der Waals surface area contributed by atoms with Crippen molar-refractivity contribution in [2.24, 2.45) is 5.92 Å². The Bertz CT molecular complexity index is 637. The SMILES string of the molecule is COC(=O)c1ccc(COC(=O)N[C@@H]2C=CCC[C@@H]2C(=O)O)cc1. The molecule has 1 aliphatic carbocycles. The van der Waals surface area contributed by atoms with E-state index in [4.69, 9.17) is 9.84 Å². The number of aliphatic carboxylic acids is 1. The predicted molar refractivity (Wildman–Crippen MR) is 84.4 cm³/mol. The number of hydrogen-bond donors (Lipinski definition) is 2. The molecule has 128 valence electrons. The lowest BCUT2D eigenvalue weighted by Gasteiger charge is -2.24. The summed E-state index contributed by atoms with van der Waals surface area (Å²) < 4.78 is 9.69. The minimum atomic E-state index is -0.942. The van der Waals surface area contributed by atoms with Crippen LogP contribution in [0.15, 0.2) is 36.4 Å². The molecule has 0 unspecified atom stereocenters. The summed E-state index contributed by atoms with van der Waals surface area (Å²) >= 11 is 0. The van der Waals surface area contributed by atoms with Gasteiger partial charge in [0.25, 0.3) is 0 Å². The zero-order valence-electron chi connectivity index (χ0n) is 13.2. The van der Waals surface area contributed by atoms with Crippen molar-refractivity contribution in [1.29, 1.82) is 0 Å². The maximum Gasteiger partial charge on any atom is 0.407 e. The van der Waals surface area contributed by atoms with Crippen molar-refractivity contribution in [3.8, 4) is 0 Å². The monoisotopic (exact) mass is 333 g/mol. The fourth-order valence-electron chi connectivity index (χ4n) is 2.44. The van der Waals surface area contributed by atoms with Gasteiger partial charge < -0.3 is 19.9 Å². The third-order valence-electron chi connectivity index (χ3n) is 3.77. The fraction of sp³-hybridized carbons (Fsp3) is 0.353. The van der Waals surface area contributed by atoms with Gasteiger partial charge in [-0.3, -0.25) is 4.79 Å². The van der Waals surface area contributed by atoms with Gasteiger partial charge in [-0.15, -0.1) is 0 Å². The van der Waals surface area contributed by atoms with Gasteiger partial charge in [-0.1, -0.05) is 24.3 Å². The highest BCUT2D eigenvalue weighted by atomic mass is 16.5. The molecule has 2 N–H and O–H groups in total. The molecule has 7 nitrogen and oxygen atoms in total. The molecule has 1 aliphatic rings. The number of allylic oxidation sites excluding steroid dienone is 1. The molecule has 7 heteroatoms. The van der Waals surface area contributed by atoms with Crippen molar-refractivity contribution in [1.82, 2.24) is 5.32 Å². The largest absolute Gasteiger partial charge is 0.481 e. The number of carboxylic acids is 1. The Kier molecular flexibility index (Phi) is 5.95. The van der Waals surface area contributed by atoms with Gasteiger partial charge in [0.15, 0.2) is 0 Å². The van der Waals surface area contributed by atoms with Gasteiger partial charge in [0.1, 0.15) is 6.61 Å². The van der Waals surface area contributed by atoms with E-state index in [2.05, 4.69) is 10.1 Å². The molecular weight excluding hydrogens is 314 g/mol. The molecule has 0 heterocycles. The number of carboxylic acid groups (broad SMARTS) is 1. The Hall–Kier alpha value is -2.83. The summed E-state index contributed by atoms with van der Waals surface area (Å²) in [7, 11) is 1.30. The lowest BCUT2D eigenvalue weighted by Crippen LogP contribution is -2.43. The third-order valence-corrected chi connectivity index (χ3v) is 3.77. The van der Waals surface area contributed by atoms with E-state index >= 15 is 0 Å². The van der Waals surface area contributed by atoms with E-state index < -0.39 is 30.0 Å². The number of amides is 1. The van der Waals surface area contributed by atoms with E-state index in [0.717, 1.165) is 0 Å². The molecule has 0 bridgehead atoms. The van der Waals surface area contributed by atoms with Crippen molar-refractivity contribution in [3.63, 3.8) is 0 Å². The van der Waals surface area contributed by atoms with Gasteiger partial charge >= 0.3 is 18.0 Å². The van der Waals surface area contributed by atoms with Gasteiger partial charge in [0.05, 0.1) is 24.6 Å². The maximum absolute atomic E-state index is 11.8. The first kappa shape index (κ1) is 17.5. The van der Waals surface area contributed by atoms with Crippen LogP contribution in [0.2, 0.25) is 0 Å². The van der Waals surface area contributed by atoms with Gasteiger partial charge in [0, 0.05) is 0 Å². The first-order valence-electron chi connectivity index (χ1n) is 7.51. The average Bonchev–Trinajstić information content (AvgIpc) is 2.60. The van der Waals surface area contributed by atoms with Gasteiger partial charge in [-0.2, -0.15) is 0 Å². The number of alkyl carbamates (subject to hydrolysis) is 1. The number of esters is 1. The number of carbonyl (C=O) groups excluding carboxylic acids is 2. The lowest BCUT2D eigenvalue weighted by atomic mass is 9.90. The second-order valence-corrected chi connectivity index (χ2v) is 5.38. The Morgan fingerprint density at radius 1 is 1.25 bits per heavy atom. The van der Waals surface area contributed by atoms with Crippen LogP contribution in [0.25, 0.3) is 0 Å². The minimum absolute atomic E-state index is 0.0153. The Balaban J connectivity index is 1.86. The molecule has 1 aromatic rings. The molecule has 0 saturated carbocycles. The molecule has 2 atom stereocenters. The average molecular weight is 333 g/mol. The molecule has 0 aromatic heterocycles. The Morgan fingerprint density at radius 2 is 1.96 bits per heavy atom. The number of rotatable bonds is 5. The predicted octanol–water partition coefficient (Wildman–Crippen LogP) is 2.12. The van der Waals surface area contributed by atoms with E-state index in [9.17, 15) is 14.4 Å². The first-order chi connectivity index (χ1) is 11.5. The van der Waals surface area contributed by atoms with E-state index in [1.807, 2.05) is 6.08 Å². The highest BCUT2D eigenvalue weighted by Crippen LogP contribution is 2.19. The summed E-state index contributed by atoms with van der Waals surface area (Å²) in [4.78, 5) is 34.3. The molecule has 0 spiro atoms. The summed E-state index contributed by atoms with van der Waals surface area (Å²) in [6.45, 7) is 0.0153. The second-order valence-electron chi connectivity index (χ2n) is 5.38. The number of methoxy groups -OCH3 is 1. The third kappa shape index (κ3) is 4.58. The molecule has 0 fully saturated rings. The van der Waals surface area contributed by atoms with Crippen LogP contribution < -0.4 is 5.32 Å². The molecule has 0 aliphatic heterocycles. The normalized spacial score (nSPS) is 19.4. The highest BCUT2D eigenvalue weighted by molar-refractivity contribution is 5.89. The van der Waals surface area contributed by atoms with E-state index in [1.165, 1.54) is 7.11 Å². The summed E-state index contributed by atoms with van der Waals surface area (Å²) in [5.74, 6) is -2.03. The fourth-order valence-corrected chi connectivity index (χ4v) is 2.44. The second kappa shape index (κ2) is 8.14. The molecule has 0 radical (unpaired) electrons. The van der Waals surface area contributed by atoms with Gasteiger partial charge in [-0.05, 0) is 30.5 Å². The molecule has 24 heavy (non-hydrogen) atoms. The van der Waals surface area contributed by atoms with Crippen LogP contribution in [0, 0.1) is 5.92 Å². The maximum atomic E-state index is 11.8. The van der Waals surface area contributed by atoms with Crippen LogP contribution in [0.1, 0.15) is 28.8 Å². The van der Waals surface area contributed by atoms with E-state index in [-0.39, 0.29) is 6.61 Å². The van der Waals surface area contributed by atoms with Crippen LogP contribution in [0.4, 0.5) is 4.79 Å². The Labute approximate surface area is 139 Å². The number of benzene rings is 1. The molecule has 1 amide bonds. The van der Waals surface area contributed by atoms with Crippen molar-refractivity contribution in [2.45, 2.75) is 25.5 Å². The van der Waals surface area contributed by atoms with Crippen molar-refractivity contribution < 1.29 is 29.0 Å². The van der Waals surface area contributed by atoms with Crippen molar-refractivity contribution in [2.75, 3.05) is 7.11 Å². The molecule has 0 saturated heterocycles. The standard InChI is InChI=1S/C17H19NO6/c1-23-16(21)12-8-6-11(7-9-12)10-24-17(22)18-14-5-3-2-4-13(14)15(19)20/h3,5-9,13-14H,2,4,10H2,1H3,(H,18,22)(H,19,20)/t13-,14+/m0/s1. The zero-order chi connectivity index (χ0) is 17.5. The van der Waals surface area contributed by atoms with Gasteiger partial charge in [0.2, 0.25) is 0 Å². The summed E-state index contributed by atoms with van der Waals surface area (Å²) in [6, 6.07) is 5.88. The smallest absolute Gasteiger partial charge is 0.407 e. The van der Waals surface area contributed by atoms with E-state index in [0.29, 0.717) is 24.0 Å². The van der Waals surface area contributed by atoms with Crippen LogP contribution >= 0.6 is 0 Å². The van der Waals surface area contributed by atoms with Gasteiger partial charge in [-0.25, -0.2) is 9.59 Å². The minimum Gasteiger partial charge on any atom is -0.481 e. The summed E-state index contributed by atoms with van der Waals surface area (Å²) in [5, 5.41) is 11.7. The first-order valence-corrected chi connectivity index (χ1v) is 7.51. The lowest BCUT2D eigenvalue weighted by molar-refractivity contribution is -0.142. The van der Waals surface area contributed by atoms with Crippen molar-refractivity contribution >= 4 is 18.0 Å². The molecule has 2 rings (SSSR count). The van der Waals surface area contributed by atoms with Crippen LogP contribution in [0.3, 0.4) is 0 Å². The zero-order valence-corrected chi connectivity index (χ0v) is 13.2. The highest BCUT2D eigenvalue weighted by Gasteiger charge is 2.29. The summed E-state index contributed by atoms with van der Waals surface area (Å²) in [6.07, 6.45) is 3.99. The quantitative estimate of drug-likeness (QED) is 0.632. The number of hydrogen-bond acceptors (Lipinski definition) is 5. The van der Waals surface area contributed by atoms with Crippen LogP contribution in [-0.2, 0) is 20.9 Å². The molecular formula is C17H19NO6. The topological polar surface area (TPSA) is 102 Å².